The second kappa shape index (κ2) is 24.5. The fourth-order valence-electron chi connectivity index (χ4n) is 2.35. The maximum absolute atomic E-state index is 11.7. The number of ether oxygens (including phenoxy) is 2. The van der Waals surface area contributed by atoms with Crippen molar-refractivity contribution in [3.63, 3.8) is 0 Å². The summed E-state index contributed by atoms with van der Waals surface area (Å²) in [6.45, 7) is 17.4. The summed E-state index contributed by atoms with van der Waals surface area (Å²) in [4.78, 5) is 23.4. The van der Waals surface area contributed by atoms with Crippen LogP contribution in [0.4, 0.5) is 9.59 Å². The molecule has 36 heavy (non-hydrogen) atoms. The number of nitrogens with zero attached hydrogens (tertiary/aromatic N) is 1. The van der Waals surface area contributed by atoms with Gasteiger partial charge in [-0.15, -0.1) is 26.3 Å². The Kier molecular flexibility index (Phi) is 23.5. The molecule has 6 nitrogen and oxygen atoms in total. The maximum atomic E-state index is 11.7. The number of hydrogen-bond donors (Lipinski definition) is 1. The van der Waals surface area contributed by atoms with E-state index in [0.29, 0.717) is 13.1 Å². The van der Waals surface area contributed by atoms with Crippen molar-refractivity contribution in [2.24, 2.45) is 0 Å². The van der Waals surface area contributed by atoms with Crippen molar-refractivity contribution >= 4 is 23.1 Å². The summed E-state index contributed by atoms with van der Waals surface area (Å²) in [6, 6.07) is 18.9. The molecule has 2 aromatic rings. The number of carbonyl (C=O) groups excluding carboxylic acids is 2. The maximum Gasteiger partial charge on any atom is 0.410 e. The van der Waals surface area contributed by atoms with Crippen LogP contribution in [0.3, 0.4) is 0 Å². The van der Waals surface area contributed by atoms with E-state index in [1.54, 1.807) is 12.2 Å². The molecule has 2 aromatic carbocycles. The molecule has 0 aliphatic rings. The predicted molar refractivity (Wildman–Crippen MR) is 151 cm³/mol. The molecule has 1 amide bonds. The van der Waals surface area contributed by atoms with Crippen LogP contribution >= 0.6 is 11.6 Å². The van der Waals surface area contributed by atoms with E-state index in [4.69, 9.17) is 16.3 Å². The van der Waals surface area contributed by atoms with Crippen LogP contribution in [-0.2, 0) is 22.7 Å². The van der Waals surface area contributed by atoms with Crippen molar-refractivity contribution in [2.45, 2.75) is 20.6 Å². The Labute approximate surface area is 221 Å². The van der Waals surface area contributed by atoms with Gasteiger partial charge in [0.1, 0.15) is 13.2 Å². The average molecular weight is 515 g/mol. The second-order valence-electron chi connectivity index (χ2n) is 6.77. The molecule has 2 rings (SSSR count). The molecule has 0 aliphatic carbocycles. The van der Waals surface area contributed by atoms with E-state index in [1.807, 2.05) is 72.8 Å². The van der Waals surface area contributed by atoms with Gasteiger partial charge in [-0.1, -0.05) is 92.4 Å². The summed E-state index contributed by atoms with van der Waals surface area (Å²) in [7, 11) is 0. The van der Waals surface area contributed by atoms with Gasteiger partial charge in [-0.2, -0.15) is 0 Å². The van der Waals surface area contributed by atoms with Gasteiger partial charge >= 0.3 is 11.5 Å². The van der Waals surface area contributed by atoms with E-state index in [1.165, 1.54) is 4.90 Å². The monoisotopic (exact) mass is 514 g/mol. The fourth-order valence-corrected chi connectivity index (χ4v) is 2.40. The number of amides is 1. The van der Waals surface area contributed by atoms with E-state index in [-0.39, 0.29) is 26.7 Å². The van der Waals surface area contributed by atoms with Crippen LogP contribution in [0.5, 0.6) is 0 Å². The third-order valence-corrected chi connectivity index (χ3v) is 4.04. The zero-order chi connectivity index (χ0) is 26.2. The van der Waals surface area contributed by atoms with Crippen LogP contribution in [0.2, 0.25) is 0 Å². The van der Waals surface area contributed by atoms with Gasteiger partial charge in [0.2, 0.25) is 0 Å². The van der Waals surface area contributed by atoms with Crippen LogP contribution in [0.15, 0.2) is 111 Å². The van der Waals surface area contributed by atoms with E-state index >= 15 is 0 Å². The number of nitrogens with one attached hydrogen (secondary N) is 1. The first kappa shape index (κ1) is 34.6. The zero-order valence-electron chi connectivity index (χ0n) is 20.1. The zero-order valence-corrected chi connectivity index (χ0v) is 20.9. The molecule has 0 radical (unpaired) electrons. The lowest BCUT2D eigenvalue weighted by Crippen LogP contribution is -2.31. The van der Waals surface area contributed by atoms with Crippen molar-refractivity contribution in [2.75, 3.05) is 26.2 Å². The van der Waals surface area contributed by atoms with Crippen LogP contribution < -0.4 is 5.32 Å². The second-order valence-corrected chi connectivity index (χ2v) is 7.08. The molecule has 0 unspecified atom stereocenters. The molecular weight excluding hydrogens is 476 g/mol. The van der Waals surface area contributed by atoms with E-state index < -0.39 is 5.43 Å². The molecule has 0 spiro atoms. The molecule has 0 aromatic heterocycles. The molecule has 0 saturated heterocycles. The molecule has 0 heterocycles. The average Bonchev–Trinajstić information content (AvgIpc) is 2.88. The van der Waals surface area contributed by atoms with Crippen LogP contribution in [-0.4, -0.2) is 42.6 Å². The SMILES string of the molecule is C.C=CCN(CC=C)C(=O)OCc1ccccc1.C=CCNCC=C.O=C(Cl)OCc1ccccc1. The summed E-state index contributed by atoms with van der Waals surface area (Å²) >= 11 is 4.97. The van der Waals surface area contributed by atoms with Gasteiger partial charge in [0.15, 0.2) is 0 Å². The van der Waals surface area contributed by atoms with Gasteiger partial charge in [-0.05, 0) is 11.1 Å². The first-order valence-corrected chi connectivity index (χ1v) is 11.3. The Bertz CT molecular complexity index is 855. The Balaban J connectivity index is 0. The molecular formula is C29H39ClN2O4. The molecule has 0 saturated carbocycles. The lowest BCUT2D eigenvalue weighted by atomic mass is 10.2. The first-order valence-electron chi connectivity index (χ1n) is 10.9. The van der Waals surface area contributed by atoms with Crippen LogP contribution in [0.1, 0.15) is 18.6 Å². The van der Waals surface area contributed by atoms with E-state index in [2.05, 4.69) is 36.4 Å². The normalized spacial score (nSPS) is 8.81. The highest BCUT2D eigenvalue weighted by atomic mass is 35.5. The summed E-state index contributed by atoms with van der Waals surface area (Å²) in [5, 5.41) is 3.05. The van der Waals surface area contributed by atoms with E-state index in [0.717, 1.165) is 24.2 Å². The number of rotatable bonds is 12. The molecule has 7 heteroatoms. The highest BCUT2D eigenvalue weighted by molar-refractivity contribution is 6.61. The minimum absolute atomic E-state index is 0. The van der Waals surface area contributed by atoms with Gasteiger partial charge in [-0.3, -0.25) is 0 Å². The molecule has 196 valence electrons. The molecule has 0 fully saturated rings. The molecule has 0 atom stereocenters. The quantitative estimate of drug-likeness (QED) is 0.185. The van der Waals surface area contributed by atoms with Gasteiger partial charge < -0.3 is 19.7 Å². The summed E-state index contributed by atoms with van der Waals surface area (Å²) in [5.74, 6) is 0. The summed E-state index contributed by atoms with van der Waals surface area (Å²) in [6.07, 6.45) is 6.61. The summed E-state index contributed by atoms with van der Waals surface area (Å²) in [5.41, 5.74) is 1.13. The van der Waals surface area contributed by atoms with Gasteiger partial charge in [0.05, 0.1) is 0 Å². The Morgan fingerprint density at radius 3 is 1.53 bits per heavy atom. The molecule has 0 aliphatic heterocycles. The first-order chi connectivity index (χ1) is 17.0. The highest BCUT2D eigenvalue weighted by Gasteiger charge is 2.11. The Hall–Kier alpha value is -3.61. The van der Waals surface area contributed by atoms with Gasteiger partial charge in [0.25, 0.3) is 0 Å². The van der Waals surface area contributed by atoms with Gasteiger partial charge in [0, 0.05) is 37.8 Å². The highest BCUT2D eigenvalue weighted by Crippen LogP contribution is 2.04. The van der Waals surface area contributed by atoms with Crippen molar-refractivity contribution in [1.82, 2.24) is 10.2 Å². The van der Waals surface area contributed by atoms with Crippen molar-refractivity contribution < 1.29 is 19.1 Å². The third-order valence-electron chi connectivity index (χ3n) is 3.93. The van der Waals surface area contributed by atoms with Gasteiger partial charge in [-0.25, -0.2) is 9.59 Å². The Morgan fingerprint density at radius 2 is 1.17 bits per heavy atom. The standard InChI is InChI=1S/C14H17NO2.C8H7ClO2.C6H11N.CH4/c1-3-10-15(11-4-2)14(16)17-12-13-8-6-5-7-9-13;9-8(10)11-6-7-4-2-1-3-5-7;1-3-5-7-6-4-2;/h3-9H,1-2,10-12H2;1-5H,6H2;3-4,7H,1-2,5-6H2;1H4. The van der Waals surface area contributed by atoms with Crippen LogP contribution in [0, 0.1) is 0 Å². The lowest BCUT2D eigenvalue weighted by molar-refractivity contribution is 0.104. The largest absolute Gasteiger partial charge is 0.449 e. The van der Waals surface area contributed by atoms with Crippen molar-refractivity contribution in [3.8, 4) is 0 Å². The molecule has 1 N–H and O–H groups in total. The lowest BCUT2D eigenvalue weighted by Gasteiger charge is -2.18. The summed E-state index contributed by atoms with van der Waals surface area (Å²) < 4.78 is 9.74. The minimum atomic E-state index is -0.770. The third kappa shape index (κ3) is 19.8. The Morgan fingerprint density at radius 1 is 0.750 bits per heavy atom. The van der Waals surface area contributed by atoms with E-state index in [9.17, 15) is 9.59 Å². The number of carbonyl (C=O) groups is 2. The van der Waals surface area contributed by atoms with Crippen molar-refractivity contribution in [1.29, 1.82) is 0 Å². The topological polar surface area (TPSA) is 67.9 Å². The molecule has 0 bridgehead atoms. The van der Waals surface area contributed by atoms with Crippen LogP contribution in [0.25, 0.3) is 0 Å². The predicted octanol–water partition coefficient (Wildman–Crippen LogP) is 7.14. The minimum Gasteiger partial charge on any atom is -0.449 e. The van der Waals surface area contributed by atoms with Crippen molar-refractivity contribution in [3.05, 3.63) is 122 Å². The smallest absolute Gasteiger partial charge is 0.410 e. The number of hydrogen-bond acceptors (Lipinski definition) is 5. The fraction of sp³-hybridized carbons (Fsp3) is 0.241. The number of benzene rings is 2. The number of halogens is 1.